The molecule has 122 valence electrons. The predicted octanol–water partition coefficient (Wildman–Crippen LogP) is 4.84. The monoisotopic (exact) mass is 321 g/mol. The van der Waals surface area contributed by atoms with Crippen molar-refractivity contribution in [1.82, 2.24) is 4.98 Å². The largest absolute Gasteiger partial charge is 0.436 e. The van der Waals surface area contributed by atoms with E-state index in [0.717, 1.165) is 16.9 Å². The van der Waals surface area contributed by atoms with Gasteiger partial charge in [0.25, 0.3) is 6.47 Å². The van der Waals surface area contributed by atoms with Crippen molar-refractivity contribution in [1.29, 1.82) is 0 Å². The lowest BCUT2D eigenvalue weighted by Crippen LogP contribution is -2.10. The second-order valence-corrected chi connectivity index (χ2v) is 6.60. The minimum atomic E-state index is 0.121. The first-order valence-corrected chi connectivity index (χ1v) is 7.75. The Morgan fingerprint density at radius 2 is 1.58 bits per heavy atom. The molecule has 0 N–H and O–H groups in total. The van der Waals surface area contributed by atoms with Crippen molar-refractivity contribution in [2.24, 2.45) is 0 Å². The van der Waals surface area contributed by atoms with Gasteiger partial charge in [0, 0.05) is 11.1 Å². The summed E-state index contributed by atoms with van der Waals surface area (Å²) in [5.74, 6) is 1.74. The van der Waals surface area contributed by atoms with E-state index in [0.29, 0.717) is 18.1 Å². The molecule has 0 saturated carbocycles. The SMILES string of the molecule is CC(C)(C)c1ccc(-c2cnc(-c3ccc(OC=O)cc3)o2)cc1. The summed E-state index contributed by atoms with van der Waals surface area (Å²) in [5, 5.41) is 0. The maximum Gasteiger partial charge on any atom is 0.298 e. The van der Waals surface area contributed by atoms with Crippen LogP contribution in [0.4, 0.5) is 0 Å². The van der Waals surface area contributed by atoms with Crippen LogP contribution in [0.3, 0.4) is 0 Å². The van der Waals surface area contributed by atoms with Crippen LogP contribution in [0.15, 0.2) is 59.1 Å². The molecule has 0 unspecified atom stereocenters. The molecule has 0 saturated heterocycles. The maximum atomic E-state index is 10.3. The summed E-state index contributed by atoms with van der Waals surface area (Å²) in [4.78, 5) is 14.7. The summed E-state index contributed by atoms with van der Waals surface area (Å²) in [6, 6.07) is 15.3. The molecule has 0 radical (unpaired) electrons. The van der Waals surface area contributed by atoms with Gasteiger partial charge in [0.15, 0.2) is 5.76 Å². The number of hydrogen-bond donors (Lipinski definition) is 0. The fraction of sp³-hybridized carbons (Fsp3) is 0.200. The van der Waals surface area contributed by atoms with E-state index in [-0.39, 0.29) is 5.41 Å². The number of aromatic nitrogens is 1. The number of hydrogen-bond acceptors (Lipinski definition) is 4. The molecule has 0 amide bonds. The van der Waals surface area contributed by atoms with Crippen LogP contribution < -0.4 is 4.74 Å². The molecule has 0 aliphatic carbocycles. The van der Waals surface area contributed by atoms with E-state index in [1.807, 2.05) is 12.1 Å². The first kappa shape index (κ1) is 16.0. The van der Waals surface area contributed by atoms with Gasteiger partial charge < -0.3 is 9.15 Å². The van der Waals surface area contributed by atoms with Crippen LogP contribution in [0, 0.1) is 0 Å². The first-order valence-electron chi connectivity index (χ1n) is 7.75. The van der Waals surface area contributed by atoms with E-state index in [2.05, 4.69) is 37.9 Å². The molecule has 0 spiro atoms. The summed E-state index contributed by atoms with van der Waals surface area (Å²) in [7, 11) is 0. The highest BCUT2D eigenvalue weighted by Gasteiger charge is 2.14. The van der Waals surface area contributed by atoms with Crippen molar-refractivity contribution in [3.8, 4) is 28.5 Å². The molecule has 1 aromatic heterocycles. The van der Waals surface area contributed by atoms with Gasteiger partial charge in [-0.3, -0.25) is 4.79 Å². The van der Waals surface area contributed by atoms with E-state index in [1.54, 1.807) is 30.5 Å². The highest BCUT2D eigenvalue weighted by molar-refractivity contribution is 5.62. The van der Waals surface area contributed by atoms with Gasteiger partial charge in [0.05, 0.1) is 6.20 Å². The van der Waals surface area contributed by atoms with Gasteiger partial charge in [-0.05, 0) is 35.2 Å². The fourth-order valence-corrected chi connectivity index (χ4v) is 2.41. The summed E-state index contributed by atoms with van der Waals surface area (Å²) in [6.07, 6.45) is 1.72. The lowest BCUT2D eigenvalue weighted by atomic mass is 9.86. The van der Waals surface area contributed by atoms with Gasteiger partial charge in [-0.25, -0.2) is 4.98 Å². The Hall–Kier alpha value is -2.88. The van der Waals surface area contributed by atoms with Gasteiger partial charge in [0.1, 0.15) is 5.75 Å². The van der Waals surface area contributed by atoms with Crippen molar-refractivity contribution >= 4 is 6.47 Å². The highest BCUT2D eigenvalue weighted by Crippen LogP contribution is 2.29. The Morgan fingerprint density at radius 3 is 2.17 bits per heavy atom. The molecule has 0 aliphatic heterocycles. The number of carbonyl (C=O) groups excluding carboxylic acids is 1. The van der Waals surface area contributed by atoms with Gasteiger partial charge in [-0.1, -0.05) is 45.0 Å². The molecular formula is C20H19NO3. The van der Waals surface area contributed by atoms with Crippen LogP contribution in [0.25, 0.3) is 22.8 Å². The Balaban J connectivity index is 1.83. The molecular weight excluding hydrogens is 302 g/mol. The third kappa shape index (κ3) is 3.38. The summed E-state index contributed by atoms with van der Waals surface area (Å²) in [5.41, 5.74) is 3.21. The van der Waals surface area contributed by atoms with Gasteiger partial charge in [-0.15, -0.1) is 0 Å². The van der Waals surface area contributed by atoms with Crippen LogP contribution in [-0.4, -0.2) is 11.5 Å². The number of carbonyl (C=O) groups is 1. The van der Waals surface area contributed by atoms with Gasteiger partial charge in [0.2, 0.25) is 5.89 Å². The van der Waals surface area contributed by atoms with Crippen LogP contribution in [-0.2, 0) is 10.2 Å². The van der Waals surface area contributed by atoms with Gasteiger partial charge >= 0.3 is 0 Å². The summed E-state index contributed by atoms with van der Waals surface area (Å²) < 4.78 is 10.6. The second-order valence-electron chi connectivity index (χ2n) is 6.60. The molecule has 3 aromatic rings. The minimum Gasteiger partial charge on any atom is -0.436 e. The number of ether oxygens (including phenoxy) is 1. The second kappa shape index (κ2) is 6.32. The molecule has 0 fully saturated rings. The highest BCUT2D eigenvalue weighted by atomic mass is 16.5. The molecule has 1 heterocycles. The Kier molecular flexibility index (Phi) is 4.21. The molecule has 0 aliphatic rings. The van der Waals surface area contributed by atoms with Crippen molar-refractivity contribution in [3.05, 3.63) is 60.3 Å². The molecule has 4 nitrogen and oxygen atoms in total. The van der Waals surface area contributed by atoms with E-state index in [9.17, 15) is 4.79 Å². The Morgan fingerprint density at radius 1 is 0.958 bits per heavy atom. The van der Waals surface area contributed by atoms with E-state index >= 15 is 0 Å². The maximum absolute atomic E-state index is 10.3. The molecule has 2 aromatic carbocycles. The van der Waals surface area contributed by atoms with E-state index < -0.39 is 0 Å². The zero-order valence-electron chi connectivity index (χ0n) is 13.9. The van der Waals surface area contributed by atoms with Crippen molar-refractivity contribution in [2.75, 3.05) is 0 Å². The lowest BCUT2D eigenvalue weighted by molar-refractivity contribution is -0.120. The van der Waals surface area contributed by atoms with Crippen molar-refractivity contribution in [2.45, 2.75) is 26.2 Å². The zero-order valence-corrected chi connectivity index (χ0v) is 13.9. The van der Waals surface area contributed by atoms with E-state index in [4.69, 9.17) is 9.15 Å². The predicted molar refractivity (Wildman–Crippen MR) is 92.8 cm³/mol. The molecule has 0 atom stereocenters. The third-order valence-electron chi connectivity index (χ3n) is 3.83. The molecule has 4 heteroatoms. The smallest absolute Gasteiger partial charge is 0.298 e. The molecule has 0 bridgehead atoms. The summed E-state index contributed by atoms with van der Waals surface area (Å²) >= 11 is 0. The topological polar surface area (TPSA) is 52.3 Å². The zero-order chi connectivity index (χ0) is 17.2. The van der Waals surface area contributed by atoms with Crippen LogP contribution in [0.1, 0.15) is 26.3 Å². The van der Waals surface area contributed by atoms with Crippen LogP contribution in [0.2, 0.25) is 0 Å². The van der Waals surface area contributed by atoms with Crippen molar-refractivity contribution in [3.63, 3.8) is 0 Å². The number of nitrogens with zero attached hydrogens (tertiary/aromatic N) is 1. The standard InChI is InChI=1S/C20H19NO3/c1-20(2,3)16-8-4-14(5-9-16)18-12-21-19(24-18)15-6-10-17(11-7-15)23-13-22/h4-13H,1-3H3. The quantitative estimate of drug-likeness (QED) is 0.645. The first-order chi connectivity index (χ1) is 11.5. The number of benzene rings is 2. The average molecular weight is 321 g/mol. The normalized spacial score (nSPS) is 11.3. The van der Waals surface area contributed by atoms with E-state index in [1.165, 1.54) is 5.56 Å². The van der Waals surface area contributed by atoms with Gasteiger partial charge in [-0.2, -0.15) is 0 Å². The van der Waals surface area contributed by atoms with Crippen LogP contribution >= 0.6 is 0 Å². The Bertz CT molecular complexity index is 825. The average Bonchev–Trinajstić information content (AvgIpc) is 3.05. The lowest BCUT2D eigenvalue weighted by Gasteiger charge is -2.18. The number of oxazole rings is 1. The summed E-state index contributed by atoms with van der Waals surface area (Å²) in [6.45, 7) is 6.96. The molecule has 24 heavy (non-hydrogen) atoms. The Labute approximate surface area is 141 Å². The third-order valence-corrected chi connectivity index (χ3v) is 3.83. The minimum absolute atomic E-state index is 0.121. The number of rotatable bonds is 4. The van der Waals surface area contributed by atoms with Crippen LogP contribution in [0.5, 0.6) is 5.75 Å². The molecule has 3 rings (SSSR count). The fourth-order valence-electron chi connectivity index (χ4n) is 2.41. The van der Waals surface area contributed by atoms with Crippen molar-refractivity contribution < 1.29 is 13.9 Å².